The highest BCUT2D eigenvalue weighted by Crippen LogP contribution is 2.20. The number of hydrogen-bond acceptors (Lipinski definition) is 19. The van der Waals surface area contributed by atoms with Gasteiger partial charge in [-0.15, -0.1) is 0 Å². The van der Waals surface area contributed by atoms with E-state index in [-0.39, 0.29) is 37.3 Å². The van der Waals surface area contributed by atoms with Crippen molar-refractivity contribution in [1.82, 2.24) is 83.4 Å². The van der Waals surface area contributed by atoms with Crippen molar-refractivity contribution in [2.24, 2.45) is 35.0 Å². The second-order valence-electron chi connectivity index (χ2n) is 24.1. The summed E-state index contributed by atoms with van der Waals surface area (Å²) in [5.74, 6) is -15.4. The number of carbonyl (C=O) groups excluding carboxylic acids is 13. The van der Waals surface area contributed by atoms with Crippen LogP contribution in [0.4, 0.5) is 0 Å². The lowest BCUT2D eigenvalue weighted by atomic mass is 9.97. The average molecular weight is 1360 g/mol. The standard InChI is InChI=1S/C61H91N19O17/c1-8-31(6)50(79-48(85)21-62)60(95)78-45(26-82)58(93)74-41(18-33-22-67-37-12-10-9-11-36(33)37)53(88)72-38(13-15-46(63)83)51(86)71-39(14-16-47(64)84)52(87)77-44(25-81)57(92)76-43(20-35-24-66-28-69-35)55(90)75-42(19-34-23-65-27-68-34)54(89)73-40(17-29(2)3)56(91)80-49(30(4)5)59(94)70-32(7)61(96)97/h9-12,22-24,27-32,38-45,49-50,67,81-82H,8,13-21,25-26,62H2,1-7H3,(H2,63,83)(H2,64,84)(H,65,68)(H,66,69)(H,70,94)(H,71,86)(H,72,88)(H,73,89)(H,74,93)(H,75,90)(H,76,92)(H,77,87)(H,78,95)(H,79,85)(H,80,91)(H,96,97)/t31-,32+,38+,39+,40+,41+,42+,43+,44+,45+,49+,50+/m0/s1. The summed E-state index contributed by atoms with van der Waals surface area (Å²) in [6.45, 7) is 8.75. The Balaban J connectivity index is 1.62. The molecule has 0 radical (unpaired) electrons. The molecule has 0 spiro atoms. The molecule has 3 aromatic heterocycles. The summed E-state index contributed by atoms with van der Waals surface area (Å²) >= 11 is 0. The van der Waals surface area contributed by atoms with Crippen molar-refractivity contribution in [3.8, 4) is 0 Å². The number of amides is 13. The molecule has 0 bridgehead atoms. The molecule has 0 aliphatic rings. The Morgan fingerprint density at radius 1 is 0.495 bits per heavy atom. The fourth-order valence-corrected chi connectivity index (χ4v) is 9.84. The fraction of sp³-hybridized carbons (Fsp3) is 0.541. The highest BCUT2D eigenvalue weighted by molar-refractivity contribution is 6.00. The molecule has 36 heteroatoms. The number of nitrogens with two attached hydrogens (primary N) is 3. The Labute approximate surface area is 557 Å². The molecular weight excluding hydrogens is 1270 g/mol. The second kappa shape index (κ2) is 38.9. The number of H-pyrrole nitrogens is 3. The van der Waals surface area contributed by atoms with Crippen LogP contribution < -0.4 is 75.7 Å². The number of aromatic nitrogens is 5. The zero-order valence-electron chi connectivity index (χ0n) is 54.9. The zero-order chi connectivity index (χ0) is 72.2. The number of carbonyl (C=O) groups is 14. The molecule has 0 unspecified atom stereocenters. The summed E-state index contributed by atoms with van der Waals surface area (Å²) in [5.41, 5.74) is 18.1. The number of carboxylic acids is 1. The van der Waals surface area contributed by atoms with E-state index in [1.165, 1.54) is 32.0 Å². The van der Waals surface area contributed by atoms with Crippen LogP contribution in [0.2, 0.25) is 0 Å². The van der Waals surface area contributed by atoms with Gasteiger partial charge in [-0.3, -0.25) is 67.1 Å². The van der Waals surface area contributed by atoms with Gasteiger partial charge in [0.1, 0.15) is 66.5 Å². The van der Waals surface area contributed by atoms with Crippen molar-refractivity contribution >= 4 is 93.7 Å². The molecule has 0 aliphatic heterocycles. The molecule has 12 atom stereocenters. The third kappa shape index (κ3) is 25.4. The number of para-hydroxylation sites is 1. The maximum atomic E-state index is 14.6. The number of primary amides is 2. The van der Waals surface area contributed by atoms with Crippen LogP contribution in [0.25, 0.3) is 10.9 Å². The van der Waals surface area contributed by atoms with E-state index in [0.717, 1.165) is 0 Å². The molecule has 0 saturated carbocycles. The molecule has 1 aromatic carbocycles. The van der Waals surface area contributed by atoms with Gasteiger partial charge < -0.3 is 106 Å². The van der Waals surface area contributed by atoms with Gasteiger partial charge in [-0.05, 0) is 55.6 Å². The third-order valence-corrected chi connectivity index (χ3v) is 15.5. The maximum absolute atomic E-state index is 14.6. The van der Waals surface area contributed by atoms with Crippen molar-refractivity contribution in [2.75, 3.05) is 19.8 Å². The molecule has 0 aliphatic carbocycles. The first-order valence-corrected chi connectivity index (χ1v) is 31.4. The smallest absolute Gasteiger partial charge is 0.325 e. The van der Waals surface area contributed by atoms with Crippen LogP contribution in [0.5, 0.6) is 0 Å². The molecule has 3 heterocycles. The third-order valence-electron chi connectivity index (χ3n) is 15.5. The van der Waals surface area contributed by atoms with Crippen LogP contribution >= 0.6 is 0 Å². The van der Waals surface area contributed by atoms with Gasteiger partial charge in [0.2, 0.25) is 76.8 Å². The summed E-state index contributed by atoms with van der Waals surface area (Å²) < 4.78 is 0. The number of hydrogen-bond donors (Lipinski definition) is 20. The van der Waals surface area contributed by atoms with E-state index in [4.69, 9.17) is 17.2 Å². The number of carboxylic acid groups (broad SMARTS) is 1. The summed E-state index contributed by atoms with van der Waals surface area (Å²) in [6, 6.07) is -10.3. The van der Waals surface area contributed by atoms with Crippen LogP contribution in [-0.4, -0.2) is 209 Å². The Morgan fingerprint density at radius 3 is 1.33 bits per heavy atom. The monoisotopic (exact) mass is 1360 g/mol. The Bertz CT molecular complexity index is 3360. The van der Waals surface area contributed by atoms with Crippen molar-refractivity contribution in [3.63, 3.8) is 0 Å². The first kappa shape index (κ1) is 79.1. The Hall–Kier alpha value is -10.4. The normalized spacial score (nSPS) is 15.0. The van der Waals surface area contributed by atoms with Crippen LogP contribution in [0.3, 0.4) is 0 Å². The van der Waals surface area contributed by atoms with Gasteiger partial charge in [-0.1, -0.05) is 66.2 Å². The number of benzene rings is 1. The van der Waals surface area contributed by atoms with Crippen LogP contribution in [-0.2, 0) is 86.4 Å². The van der Waals surface area contributed by atoms with E-state index in [1.54, 1.807) is 72.0 Å². The fourth-order valence-electron chi connectivity index (χ4n) is 9.84. The van der Waals surface area contributed by atoms with Crippen LogP contribution in [0.15, 0.2) is 55.5 Å². The molecule has 97 heavy (non-hydrogen) atoms. The number of imidazole rings is 2. The first-order valence-electron chi connectivity index (χ1n) is 31.4. The number of aromatic amines is 3. The largest absolute Gasteiger partial charge is 0.480 e. The molecule has 36 nitrogen and oxygen atoms in total. The summed E-state index contributed by atoms with van der Waals surface area (Å²) in [6.07, 6.45) is 3.98. The number of nitrogens with one attached hydrogen (secondary N) is 14. The van der Waals surface area contributed by atoms with Crippen LogP contribution in [0, 0.1) is 17.8 Å². The molecule has 532 valence electrons. The molecule has 0 fully saturated rings. The van der Waals surface area contributed by atoms with Gasteiger partial charge in [0.25, 0.3) is 0 Å². The number of aliphatic carboxylic acids is 1. The number of rotatable bonds is 42. The number of nitrogens with zero attached hydrogens (tertiary/aromatic N) is 2. The SMILES string of the molecule is CC[C@H](C)[C@@H](NC(=O)CN)C(=O)N[C@H](CO)C(=O)N[C@H](Cc1c[nH]c2ccccc12)C(=O)N[C@H](CCC(N)=O)C(=O)N[C@H](CCC(N)=O)C(=O)N[C@H](CO)C(=O)N[C@H](Cc1cnc[nH]1)C(=O)N[C@H](Cc1cnc[nH]1)C(=O)N[C@H](CC(C)C)C(=O)N[C@@H](C(=O)N[C@H](C)C(=O)O)C(C)C. The van der Waals surface area contributed by atoms with Crippen molar-refractivity contribution < 1.29 is 82.4 Å². The number of aliphatic hydroxyl groups excluding tert-OH is 2. The summed E-state index contributed by atoms with van der Waals surface area (Å²) in [5, 5.41) is 58.2. The van der Waals surface area contributed by atoms with Gasteiger partial charge in [0.05, 0.1) is 32.4 Å². The topological polar surface area (TPSA) is 583 Å². The predicted molar refractivity (Wildman–Crippen MR) is 345 cm³/mol. The van der Waals surface area contributed by atoms with Gasteiger partial charge in [0, 0.05) is 73.0 Å². The summed E-state index contributed by atoms with van der Waals surface area (Å²) in [7, 11) is 0. The molecule has 13 amide bonds. The van der Waals surface area contributed by atoms with E-state index in [9.17, 15) is 82.4 Å². The average Bonchev–Trinajstić information content (AvgIpc) is 1.82. The minimum Gasteiger partial charge on any atom is -0.480 e. The minimum atomic E-state index is -1.95. The predicted octanol–water partition coefficient (Wildman–Crippen LogP) is -5.70. The highest BCUT2D eigenvalue weighted by atomic mass is 16.4. The van der Waals surface area contributed by atoms with Gasteiger partial charge in [-0.2, -0.15) is 0 Å². The molecule has 0 saturated heterocycles. The maximum Gasteiger partial charge on any atom is 0.325 e. The quantitative estimate of drug-likeness (QED) is 0.0197. The summed E-state index contributed by atoms with van der Waals surface area (Å²) in [4.78, 5) is 206. The van der Waals surface area contributed by atoms with E-state index in [2.05, 4.69) is 83.4 Å². The molecule has 23 N–H and O–H groups in total. The number of fused-ring (bicyclic) bond motifs is 1. The van der Waals surface area contributed by atoms with Crippen LogP contribution in [0.1, 0.15) is 104 Å². The lowest BCUT2D eigenvalue weighted by Gasteiger charge is -2.29. The highest BCUT2D eigenvalue weighted by Gasteiger charge is 2.38. The Kier molecular flexibility index (Phi) is 31.7. The number of aliphatic hydroxyl groups is 2. The zero-order valence-corrected chi connectivity index (χ0v) is 54.9. The van der Waals surface area contributed by atoms with Crippen molar-refractivity contribution in [1.29, 1.82) is 0 Å². The van der Waals surface area contributed by atoms with Crippen molar-refractivity contribution in [3.05, 3.63) is 72.5 Å². The first-order chi connectivity index (χ1) is 45.9. The van der Waals surface area contributed by atoms with E-state index in [0.29, 0.717) is 28.6 Å². The Morgan fingerprint density at radius 2 is 0.907 bits per heavy atom. The van der Waals surface area contributed by atoms with Gasteiger partial charge >= 0.3 is 5.97 Å². The molecule has 4 aromatic rings. The van der Waals surface area contributed by atoms with Gasteiger partial charge in [0.15, 0.2) is 0 Å². The molecule has 4 rings (SSSR count). The van der Waals surface area contributed by atoms with Crippen molar-refractivity contribution in [2.45, 2.75) is 173 Å². The minimum absolute atomic E-state index is 0.0139. The molecular formula is C61H91N19O17. The van der Waals surface area contributed by atoms with E-state index >= 15 is 0 Å². The van der Waals surface area contributed by atoms with Gasteiger partial charge in [-0.25, -0.2) is 9.97 Å². The van der Waals surface area contributed by atoms with E-state index in [1.807, 2.05) is 0 Å². The van der Waals surface area contributed by atoms with E-state index < -0.39 is 207 Å². The lowest BCUT2D eigenvalue weighted by molar-refractivity contribution is -0.142. The lowest BCUT2D eigenvalue weighted by Crippen LogP contribution is -2.62. The second-order valence-corrected chi connectivity index (χ2v) is 24.1.